The number of ether oxygens (including phenoxy) is 1. The monoisotopic (exact) mass is 284 g/mol. The van der Waals surface area contributed by atoms with Gasteiger partial charge < -0.3 is 30.4 Å². The van der Waals surface area contributed by atoms with Crippen molar-refractivity contribution in [3.63, 3.8) is 0 Å². The topological polar surface area (TPSA) is 127 Å². The van der Waals surface area contributed by atoms with E-state index in [0.29, 0.717) is 0 Å². The Hall–Kier alpha value is -1.81. The van der Waals surface area contributed by atoms with Crippen LogP contribution in [-0.4, -0.2) is 54.8 Å². The van der Waals surface area contributed by atoms with Crippen LogP contribution in [-0.2, 0) is 4.74 Å². The fourth-order valence-corrected chi connectivity index (χ4v) is 2.34. The summed E-state index contributed by atoms with van der Waals surface area (Å²) in [5.41, 5.74) is 6.11. The molecule has 2 aromatic heterocycles. The summed E-state index contributed by atoms with van der Waals surface area (Å²) in [6.07, 6.45) is -3.12. The van der Waals surface area contributed by atoms with Crippen molar-refractivity contribution in [3.8, 4) is 0 Å². The molecule has 0 aromatic carbocycles. The van der Waals surface area contributed by atoms with E-state index in [9.17, 15) is 14.6 Å². The van der Waals surface area contributed by atoms with Gasteiger partial charge in [-0.25, -0.2) is 9.97 Å². The van der Waals surface area contributed by atoms with Gasteiger partial charge in [0.1, 0.15) is 23.8 Å². The van der Waals surface area contributed by atoms with Crippen molar-refractivity contribution in [2.45, 2.75) is 24.5 Å². The minimum Gasteiger partial charge on any atom is -0.394 e. The lowest BCUT2D eigenvalue weighted by molar-refractivity contribution is -0.0509. The first-order chi connectivity index (χ1) is 9.52. The number of aromatic nitrogens is 3. The summed E-state index contributed by atoms with van der Waals surface area (Å²) in [5.74, 6) is -0.867. The second-order valence-electron chi connectivity index (χ2n) is 4.58. The average Bonchev–Trinajstić information content (AvgIpc) is 2.93. The van der Waals surface area contributed by atoms with Gasteiger partial charge in [-0.05, 0) is 0 Å². The molecule has 108 valence electrons. The van der Waals surface area contributed by atoms with E-state index in [1.807, 2.05) is 0 Å². The molecule has 0 aliphatic carbocycles. The maximum absolute atomic E-state index is 13.3. The SMILES string of the molecule is Nc1nc(F)cc2c1ncn2[C@H]1O[C@H](CO)[C@@H](O)[C@H]1O. The van der Waals surface area contributed by atoms with E-state index >= 15 is 0 Å². The van der Waals surface area contributed by atoms with Crippen LogP contribution in [0.5, 0.6) is 0 Å². The second kappa shape index (κ2) is 4.63. The molecule has 3 rings (SSSR count). The zero-order valence-electron chi connectivity index (χ0n) is 10.2. The van der Waals surface area contributed by atoms with Crippen molar-refractivity contribution in [3.05, 3.63) is 18.3 Å². The van der Waals surface area contributed by atoms with Crippen LogP contribution in [0.2, 0.25) is 0 Å². The number of hydrogen-bond acceptors (Lipinski definition) is 7. The predicted molar refractivity (Wildman–Crippen MR) is 64.9 cm³/mol. The zero-order chi connectivity index (χ0) is 14.4. The molecule has 1 fully saturated rings. The summed E-state index contributed by atoms with van der Waals surface area (Å²) in [6, 6.07) is 1.10. The molecule has 0 radical (unpaired) electrons. The first-order valence-electron chi connectivity index (χ1n) is 5.94. The molecule has 0 spiro atoms. The van der Waals surface area contributed by atoms with Gasteiger partial charge in [0.25, 0.3) is 0 Å². The molecule has 0 bridgehead atoms. The molecule has 2 aromatic rings. The fraction of sp³-hybridized carbons (Fsp3) is 0.455. The van der Waals surface area contributed by atoms with Crippen molar-refractivity contribution >= 4 is 16.9 Å². The van der Waals surface area contributed by atoms with Gasteiger partial charge in [0.15, 0.2) is 12.0 Å². The van der Waals surface area contributed by atoms with Gasteiger partial charge in [-0.15, -0.1) is 0 Å². The highest BCUT2D eigenvalue weighted by atomic mass is 19.1. The van der Waals surface area contributed by atoms with Gasteiger partial charge in [-0.3, -0.25) is 0 Å². The maximum Gasteiger partial charge on any atom is 0.217 e. The highest BCUT2D eigenvalue weighted by Crippen LogP contribution is 2.32. The van der Waals surface area contributed by atoms with Crippen molar-refractivity contribution in [2.24, 2.45) is 0 Å². The number of fused-ring (bicyclic) bond motifs is 1. The minimum absolute atomic E-state index is 0.0782. The molecule has 1 saturated heterocycles. The van der Waals surface area contributed by atoms with Crippen LogP contribution in [0.25, 0.3) is 11.0 Å². The molecule has 0 saturated carbocycles. The number of aliphatic hydroxyl groups excluding tert-OH is 3. The third kappa shape index (κ3) is 1.83. The minimum atomic E-state index is -1.28. The summed E-state index contributed by atoms with van der Waals surface area (Å²) >= 11 is 0. The number of nitrogens with two attached hydrogens (primary N) is 1. The van der Waals surface area contributed by atoms with Gasteiger partial charge in [0.05, 0.1) is 18.5 Å². The molecule has 5 N–H and O–H groups in total. The Morgan fingerprint density at radius 1 is 1.40 bits per heavy atom. The number of anilines is 1. The Morgan fingerprint density at radius 2 is 2.15 bits per heavy atom. The number of halogens is 1. The first kappa shape index (κ1) is 13.2. The van der Waals surface area contributed by atoms with E-state index in [2.05, 4.69) is 9.97 Å². The average molecular weight is 284 g/mol. The number of aliphatic hydroxyl groups is 3. The third-order valence-corrected chi connectivity index (χ3v) is 3.35. The Morgan fingerprint density at radius 3 is 2.80 bits per heavy atom. The van der Waals surface area contributed by atoms with Crippen LogP contribution < -0.4 is 5.73 Å². The normalized spacial score (nSPS) is 30.2. The van der Waals surface area contributed by atoms with Crippen LogP contribution in [0, 0.1) is 5.95 Å². The highest BCUT2D eigenvalue weighted by Gasteiger charge is 2.43. The van der Waals surface area contributed by atoms with Crippen LogP contribution in [0.1, 0.15) is 6.23 Å². The summed E-state index contributed by atoms with van der Waals surface area (Å²) in [6.45, 7) is -0.445. The van der Waals surface area contributed by atoms with Crippen LogP contribution in [0.4, 0.5) is 10.2 Å². The molecule has 1 aliphatic rings. The van der Waals surface area contributed by atoms with E-state index < -0.39 is 37.1 Å². The van der Waals surface area contributed by atoms with Gasteiger partial charge in [-0.1, -0.05) is 0 Å². The molecule has 8 nitrogen and oxygen atoms in total. The van der Waals surface area contributed by atoms with Gasteiger partial charge in [0, 0.05) is 6.07 Å². The molecule has 0 amide bonds. The van der Waals surface area contributed by atoms with Crippen molar-refractivity contribution in [2.75, 3.05) is 12.3 Å². The number of hydrogen-bond donors (Lipinski definition) is 4. The van der Waals surface area contributed by atoms with Crippen molar-refractivity contribution in [1.82, 2.24) is 14.5 Å². The molecule has 1 aliphatic heterocycles. The standard InChI is InChI=1S/C11H13FN4O4/c12-6-1-4-7(10(13)15-6)14-3-16(4)11-9(19)8(18)5(2-17)20-11/h1,3,5,8-9,11,17-19H,2H2,(H2,13,15)/t5-,8-,9-,11+/m1/s1. The number of nitrogen functional groups attached to an aromatic ring is 1. The van der Waals surface area contributed by atoms with E-state index in [4.69, 9.17) is 15.6 Å². The van der Waals surface area contributed by atoms with Crippen LogP contribution in [0.15, 0.2) is 12.4 Å². The van der Waals surface area contributed by atoms with E-state index in [1.165, 1.54) is 10.9 Å². The summed E-state index contributed by atoms with van der Waals surface area (Å²) in [7, 11) is 0. The Kier molecular flexibility index (Phi) is 3.05. The number of pyridine rings is 1. The molecular weight excluding hydrogens is 271 g/mol. The van der Waals surface area contributed by atoms with E-state index in [-0.39, 0.29) is 16.9 Å². The lowest BCUT2D eigenvalue weighted by Gasteiger charge is -2.17. The highest BCUT2D eigenvalue weighted by molar-refractivity contribution is 5.84. The fourth-order valence-electron chi connectivity index (χ4n) is 2.34. The summed E-state index contributed by atoms with van der Waals surface area (Å²) in [5, 5.41) is 28.7. The second-order valence-corrected chi connectivity index (χ2v) is 4.58. The number of nitrogens with zero attached hydrogens (tertiary/aromatic N) is 3. The smallest absolute Gasteiger partial charge is 0.217 e. The summed E-state index contributed by atoms with van der Waals surface area (Å²) in [4.78, 5) is 7.44. The van der Waals surface area contributed by atoms with Crippen molar-refractivity contribution in [1.29, 1.82) is 0 Å². The number of rotatable bonds is 2. The van der Waals surface area contributed by atoms with Crippen LogP contribution in [0.3, 0.4) is 0 Å². The Labute approximate surface area is 112 Å². The molecule has 4 atom stereocenters. The van der Waals surface area contributed by atoms with Gasteiger partial charge >= 0.3 is 0 Å². The lowest BCUT2D eigenvalue weighted by atomic mass is 10.1. The van der Waals surface area contributed by atoms with E-state index in [1.54, 1.807) is 0 Å². The third-order valence-electron chi connectivity index (χ3n) is 3.35. The number of imidazole rings is 1. The lowest BCUT2D eigenvalue weighted by Crippen LogP contribution is -2.33. The van der Waals surface area contributed by atoms with Crippen molar-refractivity contribution < 1.29 is 24.4 Å². The predicted octanol–water partition coefficient (Wildman–Crippen LogP) is -1.24. The Balaban J connectivity index is 2.07. The van der Waals surface area contributed by atoms with Gasteiger partial charge in [-0.2, -0.15) is 4.39 Å². The molecule has 3 heterocycles. The largest absolute Gasteiger partial charge is 0.394 e. The van der Waals surface area contributed by atoms with E-state index in [0.717, 1.165) is 6.07 Å². The molecule has 9 heteroatoms. The molecular formula is C11H13FN4O4. The maximum atomic E-state index is 13.3. The van der Waals surface area contributed by atoms with Crippen LogP contribution >= 0.6 is 0 Å². The van der Waals surface area contributed by atoms with Gasteiger partial charge in [0.2, 0.25) is 5.95 Å². The quantitative estimate of drug-likeness (QED) is 0.508. The summed E-state index contributed by atoms with van der Waals surface area (Å²) < 4.78 is 20.0. The molecule has 20 heavy (non-hydrogen) atoms. The first-order valence-corrected chi connectivity index (χ1v) is 5.94. The molecule has 0 unspecified atom stereocenters. The Bertz CT molecular complexity index is 649. The zero-order valence-corrected chi connectivity index (χ0v) is 10.2.